The smallest absolute Gasteiger partial charge is 0.320 e. The average Bonchev–Trinajstić information content (AvgIpc) is 2.17. The summed E-state index contributed by atoms with van der Waals surface area (Å²) in [7, 11) is 0. The number of hydrogen-bond acceptors (Lipinski definition) is 1. The van der Waals surface area contributed by atoms with Crippen molar-refractivity contribution >= 4 is 11.7 Å². The van der Waals surface area contributed by atoms with Gasteiger partial charge in [-0.3, -0.25) is 0 Å². The molecule has 0 saturated carbocycles. The van der Waals surface area contributed by atoms with E-state index in [1.807, 2.05) is 58.0 Å². The van der Waals surface area contributed by atoms with E-state index in [0.717, 1.165) is 5.69 Å². The van der Waals surface area contributed by atoms with E-state index in [4.69, 9.17) is 0 Å². The number of para-hydroxylation sites is 1. The highest BCUT2D eigenvalue weighted by atomic mass is 16.2. The Morgan fingerprint density at radius 3 is 2.25 bits per heavy atom. The third kappa shape index (κ3) is 3.26. The van der Waals surface area contributed by atoms with Gasteiger partial charge in [-0.2, -0.15) is 0 Å². The van der Waals surface area contributed by atoms with E-state index in [-0.39, 0.29) is 11.6 Å². The number of rotatable bonds is 2. The Hall–Kier alpha value is -1.51. The Morgan fingerprint density at radius 2 is 1.81 bits per heavy atom. The van der Waals surface area contributed by atoms with Crippen molar-refractivity contribution in [3.63, 3.8) is 0 Å². The fraction of sp³-hybridized carbons (Fsp3) is 0.462. The van der Waals surface area contributed by atoms with Crippen LogP contribution < -0.4 is 5.32 Å². The van der Waals surface area contributed by atoms with Crippen LogP contribution in [0.4, 0.5) is 10.5 Å². The maximum Gasteiger partial charge on any atom is 0.322 e. The summed E-state index contributed by atoms with van der Waals surface area (Å²) in [6.07, 6.45) is 0. The highest BCUT2D eigenvalue weighted by Gasteiger charge is 2.24. The number of nitrogens with one attached hydrogen (secondary N) is 1. The summed E-state index contributed by atoms with van der Waals surface area (Å²) in [4.78, 5) is 13.8. The molecule has 88 valence electrons. The molecule has 0 saturated heterocycles. The molecule has 1 N–H and O–H groups in total. The molecule has 0 radical (unpaired) electrons. The maximum atomic E-state index is 12.0. The van der Waals surface area contributed by atoms with E-state index in [9.17, 15) is 4.79 Å². The number of carbonyl (C=O) groups is 1. The number of amides is 2. The Bertz CT molecular complexity index is 341. The molecule has 0 aromatic heterocycles. The van der Waals surface area contributed by atoms with E-state index >= 15 is 0 Å². The minimum Gasteiger partial charge on any atom is -0.320 e. The van der Waals surface area contributed by atoms with Crippen molar-refractivity contribution in [1.29, 1.82) is 0 Å². The third-order valence-corrected chi connectivity index (χ3v) is 2.40. The highest BCUT2D eigenvalue weighted by molar-refractivity contribution is 5.89. The minimum atomic E-state index is -0.159. The second kappa shape index (κ2) is 5.01. The van der Waals surface area contributed by atoms with E-state index < -0.39 is 0 Å². The first-order chi connectivity index (χ1) is 7.45. The van der Waals surface area contributed by atoms with Crippen LogP contribution in [0.15, 0.2) is 30.3 Å². The van der Waals surface area contributed by atoms with Crippen molar-refractivity contribution in [3.05, 3.63) is 30.3 Å². The molecule has 0 unspecified atom stereocenters. The predicted octanol–water partition coefficient (Wildman–Crippen LogP) is 3.34. The van der Waals surface area contributed by atoms with Gasteiger partial charge < -0.3 is 10.2 Å². The van der Waals surface area contributed by atoms with Crippen LogP contribution in [0.3, 0.4) is 0 Å². The summed E-state index contributed by atoms with van der Waals surface area (Å²) in [6, 6.07) is 9.45. The molecule has 2 amide bonds. The molecule has 3 nitrogen and oxygen atoms in total. The minimum absolute atomic E-state index is 0.0544. The van der Waals surface area contributed by atoms with Gasteiger partial charge in [-0.15, -0.1) is 0 Å². The summed E-state index contributed by atoms with van der Waals surface area (Å²) >= 11 is 0. The molecule has 0 atom stereocenters. The van der Waals surface area contributed by atoms with Gasteiger partial charge in [0.2, 0.25) is 0 Å². The van der Waals surface area contributed by atoms with E-state index in [2.05, 4.69) is 5.32 Å². The van der Waals surface area contributed by atoms with Gasteiger partial charge in [-0.25, -0.2) is 4.79 Å². The molecule has 0 aliphatic rings. The molecule has 0 spiro atoms. The number of benzene rings is 1. The van der Waals surface area contributed by atoms with Crippen LogP contribution in [-0.2, 0) is 0 Å². The maximum absolute atomic E-state index is 12.0. The third-order valence-electron chi connectivity index (χ3n) is 2.40. The zero-order valence-corrected chi connectivity index (χ0v) is 10.4. The van der Waals surface area contributed by atoms with Crippen molar-refractivity contribution in [1.82, 2.24) is 4.90 Å². The first-order valence-electron chi connectivity index (χ1n) is 5.59. The quantitative estimate of drug-likeness (QED) is 0.814. The molecule has 16 heavy (non-hydrogen) atoms. The molecule has 0 heterocycles. The van der Waals surface area contributed by atoms with Gasteiger partial charge in [0.15, 0.2) is 0 Å². The lowest BCUT2D eigenvalue weighted by Gasteiger charge is -2.34. The van der Waals surface area contributed by atoms with E-state index in [1.54, 1.807) is 4.90 Å². The normalized spacial score (nSPS) is 11.0. The van der Waals surface area contributed by atoms with Gasteiger partial charge >= 0.3 is 6.03 Å². The topological polar surface area (TPSA) is 32.3 Å². The largest absolute Gasteiger partial charge is 0.322 e. The van der Waals surface area contributed by atoms with Crippen molar-refractivity contribution < 1.29 is 4.79 Å². The monoisotopic (exact) mass is 220 g/mol. The Labute approximate surface area is 97.5 Å². The van der Waals surface area contributed by atoms with Crippen LogP contribution in [0.25, 0.3) is 0 Å². The number of carbonyl (C=O) groups excluding carboxylic acids is 1. The summed E-state index contributed by atoms with van der Waals surface area (Å²) < 4.78 is 0. The van der Waals surface area contributed by atoms with Crippen LogP contribution >= 0.6 is 0 Å². The van der Waals surface area contributed by atoms with Gasteiger partial charge in [-0.1, -0.05) is 18.2 Å². The summed E-state index contributed by atoms with van der Waals surface area (Å²) in [5.74, 6) is 0. The molecule has 0 aliphatic carbocycles. The van der Waals surface area contributed by atoms with Crippen molar-refractivity contribution in [2.75, 3.05) is 11.9 Å². The second-order valence-electron chi connectivity index (χ2n) is 4.71. The van der Waals surface area contributed by atoms with E-state index in [0.29, 0.717) is 6.54 Å². The Morgan fingerprint density at radius 1 is 1.25 bits per heavy atom. The van der Waals surface area contributed by atoms with Crippen LogP contribution in [0.2, 0.25) is 0 Å². The van der Waals surface area contributed by atoms with E-state index in [1.165, 1.54) is 0 Å². The first-order valence-corrected chi connectivity index (χ1v) is 5.59. The van der Waals surface area contributed by atoms with Crippen molar-refractivity contribution in [2.45, 2.75) is 33.2 Å². The van der Waals surface area contributed by atoms with Crippen molar-refractivity contribution in [3.8, 4) is 0 Å². The van der Waals surface area contributed by atoms with Gasteiger partial charge in [-0.05, 0) is 39.8 Å². The predicted molar refractivity (Wildman–Crippen MR) is 67.6 cm³/mol. The molecule has 0 bridgehead atoms. The first kappa shape index (κ1) is 12.6. The SMILES string of the molecule is CCN(C(=O)Nc1ccccc1)C(C)(C)C. The zero-order chi connectivity index (χ0) is 12.2. The molecular formula is C13H20N2O. The molecule has 0 aliphatic heterocycles. The highest BCUT2D eigenvalue weighted by Crippen LogP contribution is 2.15. The van der Waals surface area contributed by atoms with Crippen LogP contribution in [0, 0.1) is 0 Å². The van der Waals surface area contributed by atoms with Gasteiger partial charge in [0.25, 0.3) is 0 Å². The van der Waals surface area contributed by atoms with Crippen LogP contribution in [-0.4, -0.2) is 23.0 Å². The molecule has 3 heteroatoms. The number of hydrogen-bond donors (Lipinski definition) is 1. The standard InChI is InChI=1S/C13H20N2O/c1-5-15(13(2,3)4)12(16)14-11-9-7-6-8-10-11/h6-10H,5H2,1-4H3,(H,14,16). The molecule has 0 fully saturated rings. The van der Waals surface area contributed by atoms with Crippen molar-refractivity contribution in [2.24, 2.45) is 0 Å². The fourth-order valence-corrected chi connectivity index (χ4v) is 1.64. The summed E-state index contributed by atoms with van der Waals surface area (Å²) in [5, 5.41) is 2.89. The molecule has 1 aromatic carbocycles. The summed E-state index contributed by atoms with van der Waals surface area (Å²) in [6.45, 7) is 8.77. The molecular weight excluding hydrogens is 200 g/mol. The lowest BCUT2D eigenvalue weighted by molar-refractivity contribution is 0.162. The second-order valence-corrected chi connectivity index (χ2v) is 4.71. The lowest BCUT2D eigenvalue weighted by Crippen LogP contribution is -2.47. The van der Waals surface area contributed by atoms with Gasteiger partial charge in [0, 0.05) is 17.8 Å². The van der Waals surface area contributed by atoms with Gasteiger partial charge in [0.1, 0.15) is 0 Å². The lowest BCUT2D eigenvalue weighted by atomic mass is 10.1. The molecule has 1 aromatic rings. The Kier molecular flexibility index (Phi) is 3.93. The number of nitrogens with zero attached hydrogens (tertiary/aromatic N) is 1. The van der Waals surface area contributed by atoms with Crippen LogP contribution in [0.5, 0.6) is 0 Å². The number of urea groups is 1. The van der Waals surface area contributed by atoms with Gasteiger partial charge in [0.05, 0.1) is 0 Å². The summed E-state index contributed by atoms with van der Waals surface area (Å²) in [5.41, 5.74) is 0.670. The fourth-order valence-electron chi connectivity index (χ4n) is 1.64. The number of anilines is 1. The Balaban J connectivity index is 2.71. The zero-order valence-electron chi connectivity index (χ0n) is 10.4. The van der Waals surface area contributed by atoms with Crippen LogP contribution in [0.1, 0.15) is 27.7 Å². The molecule has 1 rings (SSSR count). The average molecular weight is 220 g/mol.